The van der Waals surface area contributed by atoms with Gasteiger partial charge in [-0.2, -0.15) is 0 Å². The van der Waals surface area contributed by atoms with Crippen molar-refractivity contribution in [2.45, 2.75) is 12.3 Å². The van der Waals surface area contributed by atoms with E-state index in [1.807, 2.05) is 0 Å². The van der Waals surface area contributed by atoms with Gasteiger partial charge in [-0.05, 0) is 41.5 Å². The van der Waals surface area contributed by atoms with Crippen molar-refractivity contribution < 1.29 is 0 Å². The topological polar surface area (TPSA) is 0 Å². The molecule has 2 heteroatoms. The fourth-order valence-electron chi connectivity index (χ4n) is 2.12. The van der Waals surface area contributed by atoms with Crippen LogP contribution in [-0.2, 0) is 0 Å². The molecule has 0 saturated carbocycles. The van der Waals surface area contributed by atoms with Gasteiger partial charge in [0.1, 0.15) is 0 Å². The number of aryl methyl sites for hydroxylation is 1. The van der Waals surface area contributed by atoms with Gasteiger partial charge >= 0.3 is 0 Å². The van der Waals surface area contributed by atoms with Crippen molar-refractivity contribution in [1.82, 2.24) is 0 Å². The Hall–Kier alpha value is -1.31. The maximum Gasteiger partial charge on any atom is 0.0928 e. The molecule has 1 aromatic heterocycles. The third-order valence-corrected chi connectivity index (χ3v) is 4.76. The van der Waals surface area contributed by atoms with Crippen molar-refractivity contribution in [1.29, 1.82) is 0 Å². The second kappa shape index (κ2) is 4.75. The second-order valence-electron chi connectivity index (χ2n) is 4.42. The molecule has 0 nitrogen and oxygen atoms in total. The monoisotopic (exact) mass is 272 g/mol. The smallest absolute Gasteiger partial charge is 0.0928 e. The first kappa shape index (κ1) is 11.8. The summed E-state index contributed by atoms with van der Waals surface area (Å²) < 4.78 is 0. The number of fused-ring (bicyclic) bond motifs is 1. The highest BCUT2D eigenvalue weighted by Gasteiger charge is 2.12. The van der Waals surface area contributed by atoms with E-state index in [2.05, 4.69) is 61.5 Å². The van der Waals surface area contributed by atoms with Crippen molar-refractivity contribution >= 4 is 33.7 Å². The summed E-state index contributed by atoms with van der Waals surface area (Å²) in [4.78, 5) is 2.51. The summed E-state index contributed by atoms with van der Waals surface area (Å²) in [5.41, 5.74) is 1.16. The van der Waals surface area contributed by atoms with Crippen LogP contribution < -0.4 is 0 Å². The van der Waals surface area contributed by atoms with Crippen molar-refractivity contribution in [3.05, 3.63) is 69.9 Å². The summed E-state index contributed by atoms with van der Waals surface area (Å²) in [5, 5.41) is 2.45. The van der Waals surface area contributed by atoms with Crippen LogP contribution in [0.2, 0.25) is 0 Å². The summed E-state index contributed by atoms with van der Waals surface area (Å²) in [6.45, 7) is 2.11. The number of halogens is 1. The third kappa shape index (κ3) is 2.16. The van der Waals surface area contributed by atoms with Crippen LogP contribution in [0.5, 0.6) is 0 Å². The van der Waals surface area contributed by atoms with Gasteiger partial charge in [-0.15, -0.1) is 22.9 Å². The van der Waals surface area contributed by atoms with Crippen molar-refractivity contribution in [3.63, 3.8) is 0 Å². The molecule has 2 aromatic carbocycles. The lowest BCUT2D eigenvalue weighted by atomic mass is 10.0. The summed E-state index contributed by atoms with van der Waals surface area (Å²) in [6.07, 6.45) is 0. The summed E-state index contributed by atoms with van der Waals surface area (Å²) in [5.74, 6) is 0. The number of rotatable bonds is 2. The van der Waals surface area contributed by atoms with Crippen LogP contribution in [0.1, 0.15) is 20.7 Å². The zero-order valence-electron chi connectivity index (χ0n) is 10.1. The molecule has 0 aliphatic carbocycles. The number of hydrogen-bond donors (Lipinski definition) is 0. The highest BCUT2D eigenvalue weighted by molar-refractivity contribution is 7.12. The van der Waals surface area contributed by atoms with Gasteiger partial charge in [-0.3, -0.25) is 0 Å². The lowest BCUT2D eigenvalue weighted by Crippen LogP contribution is -1.89. The van der Waals surface area contributed by atoms with Gasteiger partial charge in [0, 0.05) is 9.75 Å². The van der Waals surface area contributed by atoms with Crippen LogP contribution >= 0.6 is 22.9 Å². The molecular weight excluding hydrogens is 260 g/mol. The average Bonchev–Trinajstić information content (AvgIpc) is 2.84. The molecule has 0 amide bonds. The first-order valence-corrected chi connectivity index (χ1v) is 7.18. The molecule has 0 spiro atoms. The molecule has 1 heterocycles. The molecule has 18 heavy (non-hydrogen) atoms. The lowest BCUT2D eigenvalue weighted by Gasteiger charge is -2.09. The Balaban J connectivity index is 2.03. The van der Waals surface area contributed by atoms with Gasteiger partial charge in [0.25, 0.3) is 0 Å². The van der Waals surface area contributed by atoms with Crippen LogP contribution in [0.3, 0.4) is 0 Å². The Labute approximate surface area is 116 Å². The van der Waals surface area contributed by atoms with Crippen LogP contribution in [0, 0.1) is 6.92 Å². The zero-order valence-corrected chi connectivity index (χ0v) is 11.6. The first-order valence-electron chi connectivity index (χ1n) is 5.93. The number of benzene rings is 2. The molecule has 3 rings (SSSR count). The summed E-state index contributed by atoms with van der Waals surface area (Å²) in [7, 11) is 0. The number of thiophene rings is 1. The van der Waals surface area contributed by atoms with E-state index in [1.165, 1.54) is 20.5 Å². The van der Waals surface area contributed by atoms with E-state index < -0.39 is 0 Å². The van der Waals surface area contributed by atoms with Gasteiger partial charge in [0.2, 0.25) is 0 Å². The van der Waals surface area contributed by atoms with Crippen LogP contribution in [0.15, 0.2) is 54.6 Å². The van der Waals surface area contributed by atoms with Gasteiger partial charge in [0.05, 0.1) is 5.38 Å². The lowest BCUT2D eigenvalue weighted by molar-refractivity contribution is 1.19. The molecule has 0 N–H and O–H groups in total. The van der Waals surface area contributed by atoms with E-state index in [-0.39, 0.29) is 5.38 Å². The standard InChI is InChI=1S/C16H13ClS/c1-11-6-9-15(18-11)16(17)14-8-7-12-4-2-3-5-13(12)10-14/h2-10,16H,1H3. The molecule has 0 aliphatic heterocycles. The maximum atomic E-state index is 6.56. The van der Waals surface area contributed by atoms with Crippen LogP contribution in [-0.4, -0.2) is 0 Å². The van der Waals surface area contributed by atoms with Gasteiger partial charge in [-0.25, -0.2) is 0 Å². The predicted molar refractivity (Wildman–Crippen MR) is 80.7 cm³/mol. The molecule has 0 saturated heterocycles. The molecule has 0 fully saturated rings. The molecule has 0 radical (unpaired) electrons. The van der Waals surface area contributed by atoms with E-state index in [0.29, 0.717) is 0 Å². The van der Waals surface area contributed by atoms with Crippen LogP contribution in [0.4, 0.5) is 0 Å². The first-order chi connectivity index (χ1) is 8.74. The van der Waals surface area contributed by atoms with Gasteiger partial charge in [-0.1, -0.05) is 36.4 Å². The van der Waals surface area contributed by atoms with E-state index >= 15 is 0 Å². The zero-order chi connectivity index (χ0) is 12.5. The summed E-state index contributed by atoms with van der Waals surface area (Å²) >= 11 is 8.32. The highest BCUT2D eigenvalue weighted by atomic mass is 35.5. The van der Waals surface area contributed by atoms with Crippen molar-refractivity contribution in [2.75, 3.05) is 0 Å². The largest absolute Gasteiger partial charge is 0.144 e. The highest BCUT2D eigenvalue weighted by Crippen LogP contribution is 2.34. The molecule has 0 aliphatic rings. The fraction of sp³-hybridized carbons (Fsp3) is 0.125. The molecule has 90 valence electrons. The van der Waals surface area contributed by atoms with E-state index in [0.717, 1.165) is 5.56 Å². The van der Waals surface area contributed by atoms with E-state index in [4.69, 9.17) is 11.6 Å². The molecule has 0 bridgehead atoms. The third-order valence-electron chi connectivity index (χ3n) is 3.08. The van der Waals surface area contributed by atoms with E-state index in [1.54, 1.807) is 11.3 Å². The quantitative estimate of drug-likeness (QED) is 0.538. The molecule has 1 unspecified atom stereocenters. The van der Waals surface area contributed by atoms with E-state index in [9.17, 15) is 0 Å². The van der Waals surface area contributed by atoms with Crippen LogP contribution in [0.25, 0.3) is 10.8 Å². The Morgan fingerprint density at radius 2 is 1.72 bits per heavy atom. The van der Waals surface area contributed by atoms with Crippen molar-refractivity contribution in [3.8, 4) is 0 Å². The minimum Gasteiger partial charge on any atom is -0.144 e. The van der Waals surface area contributed by atoms with Crippen molar-refractivity contribution in [2.24, 2.45) is 0 Å². The van der Waals surface area contributed by atoms with Gasteiger partial charge in [0.15, 0.2) is 0 Å². The van der Waals surface area contributed by atoms with Gasteiger partial charge < -0.3 is 0 Å². The number of hydrogen-bond acceptors (Lipinski definition) is 1. The predicted octanol–water partition coefficient (Wildman–Crippen LogP) is 5.54. The molecular formula is C16H13ClS. The second-order valence-corrected chi connectivity index (χ2v) is 6.17. The molecule has 1 atom stereocenters. The summed E-state index contributed by atoms with van der Waals surface area (Å²) in [6, 6.07) is 19.0. The Bertz CT molecular complexity index is 684. The minimum atomic E-state index is -0.0479. The normalized spacial score (nSPS) is 12.8. The Morgan fingerprint density at radius 1 is 0.944 bits per heavy atom. The maximum absolute atomic E-state index is 6.56. The average molecular weight is 273 g/mol. The Kier molecular flexibility index (Phi) is 3.11. The minimum absolute atomic E-state index is 0.0479. The SMILES string of the molecule is Cc1ccc(C(Cl)c2ccc3ccccc3c2)s1. The Morgan fingerprint density at radius 3 is 2.44 bits per heavy atom. The molecule has 3 aromatic rings. The fourth-order valence-corrected chi connectivity index (χ4v) is 3.34. The number of alkyl halides is 1.